The van der Waals surface area contributed by atoms with Gasteiger partial charge in [-0.15, -0.1) is 0 Å². The van der Waals surface area contributed by atoms with Crippen molar-refractivity contribution in [1.29, 1.82) is 0 Å². The lowest BCUT2D eigenvalue weighted by atomic mass is 10.3. The summed E-state index contributed by atoms with van der Waals surface area (Å²) in [6.45, 7) is 0.731. The molecule has 6 heteroatoms. The van der Waals surface area contributed by atoms with E-state index in [4.69, 9.17) is 10.9 Å². The Morgan fingerprint density at radius 3 is 2.88 bits per heavy atom. The smallest absolute Gasteiger partial charge is 0.140 e. The van der Waals surface area contributed by atoms with Crippen LogP contribution in [-0.2, 0) is 0 Å². The number of nitrogens with zero attached hydrogens (tertiary/aromatic N) is 3. The fraction of sp³-hybridized carbons (Fsp3) is 0.455. The molecule has 0 spiro atoms. The van der Waals surface area contributed by atoms with Crippen LogP contribution in [0.4, 0.5) is 5.82 Å². The van der Waals surface area contributed by atoms with Crippen molar-refractivity contribution >= 4 is 27.6 Å². The third-order valence-corrected chi connectivity index (χ3v) is 3.20. The second kappa shape index (κ2) is 5.35. The normalized spacial score (nSPS) is 15.9. The Labute approximate surface area is 108 Å². The van der Waals surface area contributed by atoms with Gasteiger partial charge in [0, 0.05) is 29.7 Å². The minimum atomic E-state index is 0.257. The molecule has 0 aliphatic heterocycles. The molecule has 17 heavy (non-hydrogen) atoms. The van der Waals surface area contributed by atoms with Crippen LogP contribution in [0.2, 0.25) is 0 Å². The molecule has 1 aromatic heterocycles. The molecular weight excluding hydrogens is 284 g/mol. The van der Waals surface area contributed by atoms with Crippen LogP contribution in [0.25, 0.3) is 0 Å². The Kier molecular flexibility index (Phi) is 3.83. The molecule has 0 radical (unpaired) electrons. The predicted octanol–water partition coefficient (Wildman–Crippen LogP) is 1.95. The first kappa shape index (κ1) is 12.2. The number of rotatable bonds is 5. The van der Waals surface area contributed by atoms with E-state index in [0.717, 1.165) is 16.8 Å². The van der Waals surface area contributed by atoms with E-state index in [-0.39, 0.29) is 5.84 Å². The van der Waals surface area contributed by atoms with Crippen LogP contribution in [0.1, 0.15) is 19.3 Å². The van der Waals surface area contributed by atoms with Gasteiger partial charge in [0.05, 0.1) is 0 Å². The summed E-state index contributed by atoms with van der Waals surface area (Å²) in [6.07, 6.45) is 4.71. The molecule has 3 N–H and O–H groups in total. The van der Waals surface area contributed by atoms with Gasteiger partial charge < -0.3 is 15.8 Å². The van der Waals surface area contributed by atoms with Crippen molar-refractivity contribution in [2.75, 3.05) is 11.4 Å². The Morgan fingerprint density at radius 1 is 1.59 bits per heavy atom. The molecule has 0 amide bonds. The van der Waals surface area contributed by atoms with Gasteiger partial charge in [0.15, 0.2) is 0 Å². The van der Waals surface area contributed by atoms with Crippen molar-refractivity contribution in [3.8, 4) is 0 Å². The second-order valence-electron chi connectivity index (χ2n) is 4.10. The number of nitrogens with two attached hydrogens (primary N) is 1. The van der Waals surface area contributed by atoms with Crippen molar-refractivity contribution < 1.29 is 5.21 Å². The summed E-state index contributed by atoms with van der Waals surface area (Å²) in [5.41, 5.74) is 5.49. The highest BCUT2D eigenvalue weighted by Crippen LogP contribution is 2.30. The Bertz CT molecular complexity index is 402. The van der Waals surface area contributed by atoms with Crippen molar-refractivity contribution in [2.24, 2.45) is 10.9 Å². The fourth-order valence-electron chi connectivity index (χ4n) is 1.69. The van der Waals surface area contributed by atoms with Gasteiger partial charge in [-0.1, -0.05) is 5.16 Å². The largest absolute Gasteiger partial charge is 0.409 e. The van der Waals surface area contributed by atoms with Crippen LogP contribution in [0.15, 0.2) is 28.0 Å². The molecular formula is C11H15BrN4O. The molecule has 0 atom stereocenters. The molecule has 1 fully saturated rings. The average Bonchev–Trinajstić information content (AvgIpc) is 3.15. The van der Waals surface area contributed by atoms with Gasteiger partial charge in [0.2, 0.25) is 0 Å². The van der Waals surface area contributed by atoms with E-state index in [0.29, 0.717) is 12.5 Å². The van der Waals surface area contributed by atoms with E-state index in [2.05, 4.69) is 31.0 Å². The Balaban J connectivity index is 2.04. The van der Waals surface area contributed by atoms with Crippen LogP contribution in [0.5, 0.6) is 0 Å². The molecule has 1 aliphatic rings. The number of aromatic nitrogens is 1. The Hall–Kier alpha value is -1.30. The standard InChI is InChI=1S/C11H15BrN4O/c12-8-1-4-11(14-7-8)16(9-2-3-9)6-5-10(13)15-17/h1,4,7,9,17H,2-3,5-6H2,(H2,13,15). The maximum atomic E-state index is 8.53. The highest BCUT2D eigenvalue weighted by atomic mass is 79.9. The van der Waals surface area contributed by atoms with Crippen molar-refractivity contribution in [3.63, 3.8) is 0 Å². The SMILES string of the molecule is NC(CCN(c1ccc(Br)cn1)C1CC1)=NO. The number of amidine groups is 1. The Morgan fingerprint density at radius 2 is 2.35 bits per heavy atom. The lowest BCUT2D eigenvalue weighted by Gasteiger charge is -2.23. The van der Waals surface area contributed by atoms with Crippen LogP contribution in [0, 0.1) is 0 Å². The molecule has 1 aromatic rings. The predicted molar refractivity (Wildman–Crippen MR) is 70.3 cm³/mol. The van der Waals surface area contributed by atoms with Crippen molar-refractivity contribution in [1.82, 2.24) is 4.98 Å². The number of halogens is 1. The molecule has 1 heterocycles. The third-order valence-electron chi connectivity index (χ3n) is 2.73. The minimum Gasteiger partial charge on any atom is -0.409 e. The van der Waals surface area contributed by atoms with Crippen LogP contribution in [-0.4, -0.2) is 28.6 Å². The zero-order valence-corrected chi connectivity index (χ0v) is 11.0. The summed E-state index contributed by atoms with van der Waals surface area (Å²) < 4.78 is 0.966. The lowest BCUT2D eigenvalue weighted by molar-refractivity contribution is 0.317. The topological polar surface area (TPSA) is 74.7 Å². The maximum absolute atomic E-state index is 8.53. The molecule has 0 unspecified atom stereocenters. The lowest BCUT2D eigenvalue weighted by Crippen LogP contribution is -2.30. The third kappa shape index (κ3) is 3.33. The van der Waals surface area contributed by atoms with Crippen molar-refractivity contribution in [3.05, 3.63) is 22.8 Å². The maximum Gasteiger partial charge on any atom is 0.140 e. The van der Waals surface area contributed by atoms with Gasteiger partial charge >= 0.3 is 0 Å². The summed E-state index contributed by atoms with van der Waals surface area (Å²) in [5, 5.41) is 11.5. The van der Waals surface area contributed by atoms with Crippen LogP contribution < -0.4 is 10.6 Å². The van der Waals surface area contributed by atoms with Gasteiger partial charge in [0.1, 0.15) is 11.7 Å². The van der Waals surface area contributed by atoms with E-state index >= 15 is 0 Å². The summed E-state index contributed by atoms with van der Waals surface area (Å²) in [7, 11) is 0. The first-order chi connectivity index (χ1) is 8.20. The van der Waals surface area contributed by atoms with Crippen molar-refractivity contribution in [2.45, 2.75) is 25.3 Å². The quantitative estimate of drug-likeness (QED) is 0.377. The van der Waals surface area contributed by atoms with Crippen LogP contribution >= 0.6 is 15.9 Å². The summed E-state index contributed by atoms with van der Waals surface area (Å²) in [4.78, 5) is 6.59. The van der Waals surface area contributed by atoms with E-state index in [1.165, 1.54) is 12.8 Å². The van der Waals surface area contributed by atoms with Gasteiger partial charge in [-0.2, -0.15) is 0 Å². The van der Waals surface area contributed by atoms with E-state index in [9.17, 15) is 0 Å². The van der Waals surface area contributed by atoms with Gasteiger partial charge in [0.25, 0.3) is 0 Å². The zero-order chi connectivity index (χ0) is 12.3. The van der Waals surface area contributed by atoms with E-state index < -0.39 is 0 Å². The summed E-state index contributed by atoms with van der Waals surface area (Å²) in [5.74, 6) is 1.20. The molecule has 1 saturated carbocycles. The number of hydrogen-bond acceptors (Lipinski definition) is 4. The summed E-state index contributed by atoms with van der Waals surface area (Å²) in [6, 6.07) is 4.51. The van der Waals surface area contributed by atoms with Gasteiger partial charge in [-0.05, 0) is 40.9 Å². The van der Waals surface area contributed by atoms with E-state index in [1.54, 1.807) is 6.20 Å². The zero-order valence-electron chi connectivity index (χ0n) is 9.38. The van der Waals surface area contributed by atoms with Gasteiger partial charge in [-0.3, -0.25) is 0 Å². The monoisotopic (exact) mass is 298 g/mol. The first-order valence-electron chi connectivity index (χ1n) is 5.55. The number of hydrogen-bond donors (Lipinski definition) is 2. The average molecular weight is 299 g/mol. The second-order valence-corrected chi connectivity index (χ2v) is 5.02. The number of anilines is 1. The molecule has 5 nitrogen and oxygen atoms in total. The first-order valence-corrected chi connectivity index (χ1v) is 6.34. The van der Waals surface area contributed by atoms with Gasteiger partial charge in [-0.25, -0.2) is 4.98 Å². The van der Waals surface area contributed by atoms with Crippen LogP contribution in [0.3, 0.4) is 0 Å². The van der Waals surface area contributed by atoms with E-state index in [1.807, 2.05) is 12.1 Å². The molecule has 92 valence electrons. The minimum absolute atomic E-state index is 0.257. The molecule has 0 saturated heterocycles. The highest BCUT2D eigenvalue weighted by molar-refractivity contribution is 9.10. The molecule has 0 aromatic carbocycles. The number of pyridine rings is 1. The fourth-order valence-corrected chi connectivity index (χ4v) is 1.93. The highest BCUT2D eigenvalue weighted by Gasteiger charge is 2.29. The number of oxime groups is 1. The molecule has 0 bridgehead atoms. The molecule has 1 aliphatic carbocycles. The molecule has 2 rings (SSSR count). The summed E-state index contributed by atoms with van der Waals surface area (Å²) >= 11 is 3.37.